The summed E-state index contributed by atoms with van der Waals surface area (Å²) in [6.45, 7) is 2.85. The first-order valence-corrected chi connectivity index (χ1v) is 9.47. The lowest BCUT2D eigenvalue weighted by Gasteiger charge is -2.38. The summed E-state index contributed by atoms with van der Waals surface area (Å²) in [6, 6.07) is 16.5. The van der Waals surface area contributed by atoms with Crippen LogP contribution in [0.15, 0.2) is 54.2 Å². The molecule has 0 radical (unpaired) electrons. The van der Waals surface area contributed by atoms with Crippen molar-refractivity contribution < 1.29 is 2.74 Å². The number of benzene rings is 2. The Morgan fingerprint density at radius 2 is 1.68 bits per heavy atom. The van der Waals surface area contributed by atoms with Gasteiger partial charge in [0.05, 0.1) is 8.44 Å². The molecule has 2 aromatic carbocycles. The molecular formula is C23H26N2. The monoisotopic (exact) mass is 332 g/mol. The highest BCUT2D eigenvalue weighted by molar-refractivity contribution is 5.81. The van der Waals surface area contributed by atoms with Crippen LogP contribution in [0.4, 0.5) is 5.69 Å². The summed E-state index contributed by atoms with van der Waals surface area (Å²) in [5.41, 5.74) is 6.58. The van der Waals surface area contributed by atoms with Gasteiger partial charge >= 0.3 is 0 Å². The van der Waals surface area contributed by atoms with Gasteiger partial charge in [-0.1, -0.05) is 55.3 Å². The smallest absolute Gasteiger partial charge is 0.109 e. The predicted octanol–water partition coefficient (Wildman–Crippen LogP) is 5.54. The fourth-order valence-electron chi connectivity index (χ4n) is 4.93. The van der Waals surface area contributed by atoms with E-state index in [1.54, 1.807) is 0 Å². The van der Waals surface area contributed by atoms with Gasteiger partial charge in [0.15, 0.2) is 0 Å². The SMILES string of the molecule is [2H]C1([2H])c2ccccc2C2=C(C)N(c3ccccc3C)C(C3CCCC3)N21. The summed E-state index contributed by atoms with van der Waals surface area (Å²) in [5.74, 6) is 0.487. The van der Waals surface area contributed by atoms with Crippen molar-refractivity contribution in [3.8, 4) is 0 Å². The lowest BCUT2D eigenvalue weighted by molar-refractivity contribution is 0.234. The lowest BCUT2D eigenvalue weighted by Crippen LogP contribution is -2.44. The summed E-state index contributed by atoms with van der Waals surface area (Å²) >= 11 is 0. The maximum absolute atomic E-state index is 9.02. The number of nitrogens with zero attached hydrogens (tertiary/aromatic N) is 2. The van der Waals surface area contributed by atoms with Gasteiger partial charge in [0, 0.05) is 23.4 Å². The maximum Gasteiger partial charge on any atom is 0.109 e. The molecule has 0 N–H and O–H groups in total. The Labute approximate surface area is 153 Å². The molecule has 1 unspecified atom stereocenters. The zero-order valence-corrected chi connectivity index (χ0v) is 15.0. The Morgan fingerprint density at radius 3 is 2.48 bits per heavy atom. The largest absolute Gasteiger partial charge is 0.344 e. The molecule has 2 nitrogen and oxygen atoms in total. The Hall–Kier alpha value is -2.22. The summed E-state index contributed by atoms with van der Waals surface area (Å²) < 4.78 is 18.0. The first-order valence-electron chi connectivity index (χ1n) is 10.5. The normalized spacial score (nSPS) is 25.9. The molecule has 2 heterocycles. The molecule has 0 bridgehead atoms. The van der Waals surface area contributed by atoms with Crippen molar-refractivity contribution in [1.29, 1.82) is 0 Å². The molecule has 1 aliphatic carbocycles. The molecular weight excluding hydrogens is 304 g/mol. The van der Waals surface area contributed by atoms with Gasteiger partial charge in [-0.2, -0.15) is 0 Å². The molecule has 2 aliphatic heterocycles. The minimum atomic E-state index is -1.47. The van der Waals surface area contributed by atoms with E-state index >= 15 is 0 Å². The average molecular weight is 332 g/mol. The summed E-state index contributed by atoms with van der Waals surface area (Å²) in [5, 5.41) is 0. The van der Waals surface area contributed by atoms with Crippen LogP contribution in [0.5, 0.6) is 0 Å². The van der Waals surface area contributed by atoms with E-state index in [1.165, 1.54) is 42.6 Å². The van der Waals surface area contributed by atoms with Crippen LogP contribution in [0.2, 0.25) is 0 Å². The molecule has 128 valence electrons. The van der Waals surface area contributed by atoms with Gasteiger partial charge in [0.1, 0.15) is 6.17 Å². The van der Waals surface area contributed by atoms with Crippen LogP contribution in [0.1, 0.15) is 52.0 Å². The van der Waals surface area contributed by atoms with Crippen LogP contribution >= 0.6 is 0 Å². The van der Waals surface area contributed by atoms with Crippen LogP contribution in [0.25, 0.3) is 5.70 Å². The first-order chi connectivity index (χ1) is 13.0. The van der Waals surface area contributed by atoms with Crippen molar-refractivity contribution in [3.63, 3.8) is 0 Å². The highest BCUT2D eigenvalue weighted by atomic mass is 15.4. The number of hydrogen-bond donors (Lipinski definition) is 0. The summed E-state index contributed by atoms with van der Waals surface area (Å²) in [6.07, 6.45) is 4.90. The Kier molecular flexibility index (Phi) is 2.95. The average Bonchev–Trinajstić information content (AvgIpc) is 3.33. The van der Waals surface area contributed by atoms with Crippen LogP contribution < -0.4 is 4.90 Å². The van der Waals surface area contributed by atoms with Gasteiger partial charge in [-0.15, -0.1) is 0 Å². The van der Waals surface area contributed by atoms with E-state index in [1.807, 2.05) is 18.2 Å². The van der Waals surface area contributed by atoms with Crippen molar-refractivity contribution in [2.24, 2.45) is 5.92 Å². The van der Waals surface area contributed by atoms with Crippen molar-refractivity contribution >= 4 is 11.4 Å². The summed E-state index contributed by atoms with van der Waals surface area (Å²) in [7, 11) is 0. The van der Waals surface area contributed by atoms with Gasteiger partial charge in [-0.3, -0.25) is 0 Å². The highest BCUT2D eigenvalue weighted by Gasteiger charge is 2.45. The molecule has 0 spiro atoms. The third kappa shape index (κ3) is 2.16. The van der Waals surface area contributed by atoms with Crippen LogP contribution in [-0.4, -0.2) is 11.1 Å². The van der Waals surface area contributed by atoms with Crippen molar-refractivity contribution in [2.45, 2.75) is 52.2 Å². The molecule has 0 saturated heterocycles. The molecule has 0 aromatic heterocycles. The minimum absolute atomic E-state index is 0.0472. The maximum atomic E-state index is 9.02. The van der Waals surface area contributed by atoms with Crippen molar-refractivity contribution in [1.82, 2.24) is 4.90 Å². The van der Waals surface area contributed by atoms with Gasteiger partial charge in [0.2, 0.25) is 0 Å². The van der Waals surface area contributed by atoms with E-state index in [0.29, 0.717) is 5.92 Å². The molecule has 1 saturated carbocycles. The van der Waals surface area contributed by atoms with Crippen molar-refractivity contribution in [3.05, 3.63) is 70.9 Å². The lowest BCUT2D eigenvalue weighted by atomic mass is 10.0. The van der Waals surface area contributed by atoms with Crippen molar-refractivity contribution in [2.75, 3.05) is 4.90 Å². The second kappa shape index (κ2) is 5.66. The Balaban J connectivity index is 1.74. The Bertz CT molecular complexity index is 927. The van der Waals surface area contributed by atoms with Gasteiger partial charge in [0.25, 0.3) is 0 Å². The van der Waals surface area contributed by atoms with E-state index in [-0.39, 0.29) is 6.17 Å². The number of hydrogen-bond acceptors (Lipinski definition) is 2. The minimum Gasteiger partial charge on any atom is -0.344 e. The molecule has 3 aliphatic rings. The van der Waals surface area contributed by atoms with E-state index in [0.717, 1.165) is 16.8 Å². The van der Waals surface area contributed by atoms with Gasteiger partial charge < -0.3 is 9.80 Å². The standard InChI is InChI=1S/C23H26N2/c1-16-9-3-8-14-21(16)25-17(2)22-20-13-7-6-12-19(20)15-24(22)23(25)18-10-4-5-11-18/h3,6-9,12-14,18,23H,4-5,10-11,15H2,1-2H3/i15D2. The number of rotatable bonds is 2. The predicted molar refractivity (Wildman–Crippen MR) is 104 cm³/mol. The number of para-hydroxylation sites is 1. The number of aryl methyl sites for hydroxylation is 1. The van der Waals surface area contributed by atoms with E-state index in [2.05, 4.69) is 54.0 Å². The molecule has 1 atom stereocenters. The van der Waals surface area contributed by atoms with Gasteiger partial charge in [-0.05, 0) is 49.8 Å². The van der Waals surface area contributed by atoms with Crippen LogP contribution in [0.3, 0.4) is 0 Å². The first kappa shape index (κ1) is 13.0. The second-order valence-electron chi connectivity index (χ2n) is 7.58. The highest BCUT2D eigenvalue weighted by Crippen LogP contribution is 2.49. The van der Waals surface area contributed by atoms with E-state index < -0.39 is 6.50 Å². The zero-order valence-electron chi connectivity index (χ0n) is 17.0. The van der Waals surface area contributed by atoms with E-state index in [4.69, 9.17) is 2.74 Å². The topological polar surface area (TPSA) is 6.48 Å². The molecule has 2 aromatic rings. The number of fused-ring (bicyclic) bond motifs is 3. The Morgan fingerprint density at radius 1 is 0.960 bits per heavy atom. The third-order valence-electron chi connectivity index (χ3n) is 6.09. The molecule has 25 heavy (non-hydrogen) atoms. The van der Waals surface area contributed by atoms with E-state index in [9.17, 15) is 0 Å². The zero-order chi connectivity index (χ0) is 18.8. The molecule has 5 rings (SSSR count). The summed E-state index contributed by atoms with van der Waals surface area (Å²) in [4.78, 5) is 4.52. The van der Waals surface area contributed by atoms with Gasteiger partial charge in [-0.25, -0.2) is 0 Å². The fourth-order valence-corrected chi connectivity index (χ4v) is 4.93. The molecule has 0 amide bonds. The molecule has 2 heteroatoms. The number of allylic oxidation sites excluding steroid dienone is 1. The second-order valence-corrected chi connectivity index (χ2v) is 7.58. The van der Waals surface area contributed by atoms with Crippen LogP contribution in [-0.2, 0) is 6.50 Å². The number of anilines is 1. The quantitative estimate of drug-likeness (QED) is 0.713. The molecule has 1 fully saturated rings. The van der Waals surface area contributed by atoms with Crippen LogP contribution in [0, 0.1) is 12.8 Å². The third-order valence-corrected chi connectivity index (χ3v) is 6.09. The fraction of sp³-hybridized carbons (Fsp3) is 0.391.